The van der Waals surface area contributed by atoms with Crippen LogP contribution in [0.3, 0.4) is 0 Å². The summed E-state index contributed by atoms with van der Waals surface area (Å²) >= 11 is 0. The SMILES string of the molecule is CCOC(=O)c1nc2ccccc2c(=O)n1[C@H]1CC2C(C)CC[C@@H](C1)N2[C@@H]1C[C@@H]2CCCC[C@@H](C2)C1. The second kappa shape index (κ2) is 9.92. The van der Waals surface area contributed by atoms with Crippen molar-refractivity contribution in [3.05, 3.63) is 40.4 Å². The largest absolute Gasteiger partial charge is 0.460 e. The van der Waals surface area contributed by atoms with Crippen molar-refractivity contribution in [3.63, 3.8) is 0 Å². The molecule has 6 nitrogen and oxygen atoms in total. The summed E-state index contributed by atoms with van der Waals surface area (Å²) in [6, 6.07) is 8.98. The lowest BCUT2D eigenvalue weighted by atomic mass is 9.71. The minimum atomic E-state index is -0.489. The highest BCUT2D eigenvalue weighted by atomic mass is 16.5. The number of carbonyl (C=O) groups is 1. The molecule has 2 saturated heterocycles. The number of benzene rings is 1. The predicted molar refractivity (Wildman–Crippen MR) is 141 cm³/mol. The molecule has 4 bridgehead atoms. The van der Waals surface area contributed by atoms with Gasteiger partial charge in [-0.25, -0.2) is 9.78 Å². The minimum absolute atomic E-state index is 0.0196. The lowest BCUT2D eigenvalue weighted by Crippen LogP contribution is -2.61. The molecule has 1 aromatic heterocycles. The van der Waals surface area contributed by atoms with Crippen LogP contribution in [0.5, 0.6) is 0 Å². The Morgan fingerprint density at radius 2 is 1.69 bits per heavy atom. The number of piperidine rings is 2. The molecule has 36 heavy (non-hydrogen) atoms. The van der Waals surface area contributed by atoms with E-state index in [0.29, 0.717) is 34.9 Å². The van der Waals surface area contributed by atoms with Gasteiger partial charge in [0.15, 0.2) is 0 Å². The van der Waals surface area contributed by atoms with Gasteiger partial charge in [0.05, 0.1) is 17.5 Å². The van der Waals surface area contributed by atoms with Crippen molar-refractivity contribution in [1.82, 2.24) is 14.5 Å². The van der Waals surface area contributed by atoms with Gasteiger partial charge < -0.3 is 4.74 Å². The average Bonchev–Trinajstić information content (AvgIpc) is 3.05. The van der Waals surface area contributed by atoms with E-state index in [-0.39, 0.29) is 24.0 Å². The van der Waals surface area contributed by atoms with Gasteiger partial charge in [-0.2, -0.15) is 0 Å². The molecule has 6 heteroatoms. The van der Waals surface area contributed by atoms with Crippen LogP contribution >= 0.6 is 0 Å². The lowest BCUT2D eigenvalue weighted by Gasteiger charge is -2.56. The monoisotopic (exact) mass is 491 g/mol. The zero-order valence-electron chi connectivity index (χ0n) is 21.9. The van der Waals surface area contributed by atoms with Gasteiger partial charge in [0, 0.05) is 24.2 Å². The lowest BCUT2D eigenvalue weighted by molar-refractivity contribution is -0.0651. The smallest absolute Gasteiger partial charge is 0.374 e. The highest BCUT2D eigenvalue weighted by Gasteiger charge is 2.47. The topological polar surface area (TPSA) is 64.4 Å². The van der Waals surface area contributed by atoms with Crippen LogP contribution in [0.4, 0.5) is 0 Å². The molecule has 0 amide bonds. The van der Waals surface area contributed by atoms with Gasteiger partial charge in [-0.15, -0.1) is 0 Å². The maximum absolute atomic E-state index is 13.8. The minimum Gasteiger partial charge on any atom is -0.460 e. The summed E-state index contributed by atoms with van der Waals surface area (Å²) in [7, 11) is 0. The van der Waals surface area contributed by atoms with Crippen molar-refractivity contribution in [2.75, 3.05) is 6.61 Å². The van der Waals surface area contributed by atoms with E-state index in [9.17, 15) is 9.59 Å². The number of fused-ring (bicyclic) bond motifs is 5. The number of ether oxygens (including phenoxy) is 1. The van der Waals surface area contributed by atoms with Gasteiger partial charge in [0.2, 0.25) is 5.82 Å². The van der Waals surface area contributed by atoms with Crippen LogP contribution in [0.1, 0.15) is 101 Å². The molecule has 0 spiro atoms. The number of para-hydroxylation sites is 1. The number of hydrogen-bond acceptors (Lipinski definition) is 5. The van der Waals surface area contributed by atoms with Crippen molar-refractivity contribution in [3.8, 4) is 0 Å². The van der Waals surface area contributed by atoms with Gasteiger partial charge in [-0.05, 0) is 81.8 Å². The standard InChI is InChI=1S/C30H41N3O3/c1-3-36-30(35)28-31-26-11-7-6-10-25(26)29(34)33(28)24-17-22-13-12-19(2)27(18-24)32(22)23-15-20-8-4-5-9-21(14-20)16-23/h6-7,10-11,19-24,27H,3-5,8-9,12-18H2,1-2H3/t19?,20-,21+,22-,23-,24+,27?/m0/s1. The summed E-state index contributed by atoms with van der Waals surface area (Å²) < 4.78 is 7.10. The Morgan fingerprint density at radius 1 is 0.944 bits per heavy atom. The molecule has 2 aliphatic heterocycles. The Hall–Kier alpha value is -2.21. The molecule has 2 aromatic rings. The zero-order chi connectivity index (χ0) is 24.8. The first-order valence-corrected chi connectivity index (χ1v) is 14.5. The molecule has 7 atom stereocenters. The Morgan fingerprint density at radius 3 is 2.44 bits per heavy atom. The Labute approximate surface area is 214 Å². The van der Waals surface area contributed by atoms with E-state index < -0.39 is 5.97 Å². The van der Waals surface area contributed by atoms with Crippen molar-refractivity contribution < 1.29 is 9.53 Å². The van der Waals surface area contributed by atoms with Crippen molar-refractivity contribution >= 4 is 16.9 Å². The number of rotatable bonds is 4. The molecule has 2 unspecified atom stereocenters. The van der Waals surface area contributed by atoms with Gasteiger partial charge in [-0.3, -0.25) is 14.3 Å². The first-order valence-electron chi connectivity index (χ1n) is 14.5. The third kappa shape index (κ3) is 4.29. The number of hydrogen-bond donors (Lipinski definition) is 0. The highest BCUT2D eigenvalue weighted by molar-refractivity contribution is 5.89. The van der Waals surface area contributed by atoms with Crippen molar-refractivity contribution in [1.29, 1.82) is 0 Å². The van der Waals surface area contributed by atoms with Crippen LogP contribution in [0, 0.1) is 17.8 Å². The van der Waals surface area contributed by atoms with Gasteiger partial charge >= 0.3 is 5.97 Å². The fraction of sp³-hybridized carbons (Fsp3) is 0.700. The van der Waals surface area contributed by atoms with Gasteiger partial charge in [-0.1, -0.05) is 44.7 Å². The van der Waals surface area contributed by atoms with Crippen molar-refractivity contribution in [2.45, 2.75) is 109 Å². The number of aromatic nitrogens is 2. The van der Waals surface area contributed by atoms with E-state index in [2.05, 4.69) is 16.8 Å². The van der Waals surface area contributed by atoms with Crippen LogP contribution in [0.15, 0.2) is 29.1 Å². The van der Waals surface area contributed by atoms with Gasteiger partial charge in [0.1, 0.15) is 0 Å². The Kier molecular flexibility index (Phi) is 6.65. The summed E-state index contributed by atoms with van der Waals surface area (Å²) in [6.45, 7) is 4.47. The molecule has 4 aliphatic rings. The van der Waals surface area contributed by atoms with Crippen LogP contribution in [-0.4, -0.2) is 45.2 Å². The number of nitrogens with zero attached hydrogens (tertiary/aromatic N) is 3. The summed E-state index contributed by atoms with van der Waals surface area (Å²) in [5, 5.41) is 0.586. The van der Waals surface area contributed by atoms with E-state index in [1.54, 1.807) is 11.5 Å². The molecule has 3 heterocycles. The molecule has 0 N–H and O–H groups in total. The first-order chi connectivity index (χ1) is 17.5. The van der Waals surface area contributed by atoms with E-state index >= 15 is 0 Å². The summed E-state index contributed by atoms with van der Waals surface area (Å²) in [5.74, 6) is 2.08. The summed E-state index contributed by atoms with van der Waals surface area (Å²) in [5.41, 5.74) is 0.467. The maximum Gasteiger partial charge on any atom is 0.374 e. The van der Waals surface area contributed by atoms with Gasteiger partial charge in [0.25, 0.3) is 5.56 Å². The Balaban J connectivity index is 1.36. The van der Waals surface area contributed by atoms with Crippen LogP contribution < -0.4 is 5.56 Å². The molecule has 2 saturated carbocycles. The molecular weight excluding hydrogens is 450 g/mol. The quantitative estimate of drug-likeness (QED) is 0.511. The fourth-order valence-corrected chi connectivity index (χ4v) is 8.36. The second-order valence-corrected chi connectivity index (χ2v) is 12.1. The Bertz CT molecular complexity index is 1160. The average molecular weight is 492 g/mol. The van der Waals surface area contributed by atoms with Crippen LogP contribution in [0.25, 0.3) is 10.9 Å². The molecule has 6 rings (SSSR count). The first kappa shape index (κ1) is 24.1. The van der Waals surface area contributed by atoms with E-state index in [4.69, 9.17) is 4.74 Å². The molecule has 2 aliphatic carbocycles. The van der Waals surface area contributed by atoms with E-state index in [1.165, 1.54) is 57.8 Å². The molecular formula is C30H41N3O3. The summed E-state index contributed by atoms with van der Waals surface area (Å²) in [6.07, 6.45) is 14.1. The molecule has 4 fully saturated rings. The van der Waals surface area contributed by atoms with E-state index in [1.807, 2.05) is 24.3 Å². The van der Waals surface area contributed by atoms with Crippen LogP contribution in [0.2, 0.25) is 0 Å². The van der Waals surface area contributed by atoms with E-state index in [0.717, 1.165) is 24.7 Å². The zero-order valence-corrected chi connectivity index (χ0v) is 21.9. The third-order valence-electron chi connectivity index (χ3n) is 9.88. The maximum atomic E-state index is 13.8. The fourth-order valence-electron chi connectivity index (χ4n) is 8.36. The second-order valence-electron chi connectivity index (χ2n) is 12.1. The normalized spacial score (nSPS) is 34.8. The number of carbonyl (C=O) groups excluding carboxylic acids is 1. The molecule has 0 radical (unpaired) electrons. The summed E-state index contributed by atoms with van der Waals surface area (Å²) in [4.78, 5) is 34.4. The number of esters is 1. The van der Waals surface area contributed by atoms with Crippen molar-refractivity contribution in [2.24, 2.45) is 17.8 Å². The highest BCUT2D eigenvalue weighted by Crippen LogP contribution is 2.48. The molecule has 1 aromatic carbocycles. The predicted octanol–water partition coefficient (Wildman–Crippen LogP) is 5.74. The molecule has 194 valence electrons. The third-order valence-corrected chi connectivity index (χ3v) is 9.88. The van der Waals surface area contributed by atoms with Crippen LogP contribution in [-0.2, 0) is 4.74 Å².